The predicted octanol–water partition coefficient (Wildman–Crippen LogP) is 3.63. The van der Waals surface area contributed by atoms with Gasteiger partial charge in [0.05, 0.1) is 6.04 Å². The highest BCUT2D eigenvalue weighted by Gasteiger charge is 2.35. The average molecular weight is 352 g/mol. The van der Waals surface area contributed by atoms with Crippen molar-refractivity contribution in [1.29, 1.82) is 0 Å². The molecular weight excluding hydrogens is 343 g/mol. The van der Waals surface area contributed by atoms with E-state index in [9.17, 15) is 13.2 Å². The Labute approximate surface area is 120 Å². The third kappa shape index (κ3) is 3.31. The molecule has 1 unspecified atom stereocenters. The summed E-state index contributed by atoms with van der Waals surface area (Å²) in [4.78, 5) is 7.93. The number of halogens is 4. The number of hydrogen-bond acceptors (Lipinski definition) is 4. The molecule has 0 fully saturated rings. The molecule has 0 aliphatic carbocycles. The Hall–Kier alpha value is -0.990. The minimum atomic E-state index is -4.41. The van der Waals surface area contributed by atoms with Crippen LogP contribution in [0.4, 0.5) is 13.2 Å². The maximum Gasteiger partial charge on any atom is 0.443 e. The van der Waals surface area contributed by atoms with E-state index in [-0.39, 0.29) is 6.04 Å². The zero-order chi connectivity index (χ0) is 14.0. The van der Waals surface area contributed by atoms with E-state index in [0.29, 0.717) is 16.2 Å². The molecule has 0 aromatic carbocycles. The molecule has 3 nitrogen and oxygen atoms in total. The Balaban J connectivity index is 2.35. The fourth-order valence-electron chi connectivity index (χ4n) is 1.61. The lowest BCUT2D eigenvalue weighted by molar-refractivity contribution is -0.137. The number of rotatable bonds is 3. The number of pyridine rings is 1. The van der Waals surface area contributed by atoms with Crippen LogP contribution in [0.15, 0.2) is 29.1 Å². The first-order valence-electron chi connectivity index (χ1n) is 5.22. The summed E-state index contributed by atoms with van der Waals surface area (Å²) in [5.41, 5.74) is 0.772. The normalized spacial score (nSPS) is 13.5. The van der Waals surface area contributed by atoms with E-state index in [4.69, 9.17) is 0 Å². The van der Waals surface area contributed by atoms with Crippen LogP contribution in [0, 0.1) is 0 Å². The fraction of sp³-hybridized carbons (Fsp3) is 0.273. The molecule has 0 amide bonds. The summed E-state index contributed by atoms with van der Waals surface area (Å²) in [6.45, 7) is 0. The van der Waals surface area contributed by atoms with Gasteiger partial charge in [0.1, 0.15) is 0 Å². The van der Waals surface area contributed by atoms with Crippen molar-refractivity contribution in [3.63, 3.8) is 0 Å². The predicted molar refractivity (Wildman–Crippen MR) is 70.0 cm³/mol. The van der Waals surface area contributed by atoms with Crippen molar-refractivity contribution in [1.82, 2.24) is 15.3 Å². The average Bonchev–Trinajstić information content (AvgIpc) is 2.79. The standard InChI is InChI=1S/C11H9BrF3N3S/c1-16-9(6-2-7(12)4-17-3-6)8-5-18-10(19-8)11(13,14)15/h2-5,9,16H,1H3. The number of nitrogens with zero attached hydrogens (tertiary/aromatic N) is 2. The second-order valence-electron chi connectivity index (χ2n) is 3.72. The first-order chi connectivity index (χ1) is 8.91. The van der Waals surface area contributed by atoms with E-state index in [0.717, 1.165) is 10.0 Å². The molecule has 2 heterocycles. The van der Waals surface area contributed by atoms with Gasteiger partial charge in [-0.05, 0) is 34.6 Å². The van der Waals surface area contributed by atoms with E-state index < -0.39 is 11.2 Å². The van der Waals surface area contributed by atoms with Gasteiger partial charge in [0, 0.05) is 27.9 Å². The Morgan fingerprint density at radius 2 is 2.05 bits per heavy atom. The van der Waals surface area contributed by atoms with E-state index in [1.54, 1.807) is 25.5 Å². The molecule has 0 aliphatic heterocycles. The summed E-state index contributed by atoms with van der Waals surface area (Å²) in [6, 6.07) is 1.44. The van der Waals surface area contributed by atoms with Crippen LogP contribution in [-0.2, 0) is 6.18 Å². The van der Waals surface area contributed by atoms with Crippen molar-refractivity contribution < 1.29 is 13.2 Å². The first-order valence-corrected chi connectivity index (χ1v) is 6.83. The summed E-state index contributed by atoms with van der Waals surface area (Å²) in [6.07, 6.45) is 0.0647. The topological polar surface area (TPSA) is 37.8 Å². The lowest BCUT2D eigenvalue weighted by Crippen LogP contribution is -2.16. The second-order valence-corrected chi connectivity index (χ2v) is 5.70. The summed E-state index contributed by atoms with van der Waals surface area (Å²) in [5, 5.41) is 2.13. The van der Waals surface area contributed by atoms with Crippen molar-refractivity contribution in [3.05, 3.63) is 44.6 Å². The third-order valence-corrected chi connectivity index (χ3v) is 3.94. The van der Waals surface area contributed by atoms with Crippen LogP contribution >= 0.6 is 27.3 Å². The molecule has 1 N–H and O–H groups in total. The van der Waals surface area contributed by atoms with Gasteiger partial charge >= 0.3 is 6.18 Å². The SMILES string of the molecule is CNC(c1cncc(Br)c1)c1cnc(C(F)(F)F)s1. The molecule has 0 bridgehead atoms. The van der Waals surface area contributed by atoms with E-state index >= 15 is 0 Å². The number of hydrogen-bond donors (Lipinski definition) is 1. The van der Waals surface area contributed by atoms with Crippen LogP contribution in [0.1, 0.15) is 21.5 Å². The molecular formula is C11H9BrF3N3S. The third-order valence-electron chi connectivity index (χ3n) is 2.40. The maximum atomic E-state index is 12.5. The highest BCUT2D eigenvalue weighted by atomic mass is 79.9. The van der Waals surface area contributed by atoms with E-state index in [1.165, 1.54) is 6.20 Å². The van der Waals surface area contributed by atoms with E-state index in [1.807, 2.05) is 0 Å². The molecule has 102 valence electrons. The Bertz CT molecular complexity index is 570. The number of aromatic nitrogens is 2. The van der Waals surface area contributed by atoms with Crippen molar-refractivity contribution >= 4 is 27.3 Å². The van der Waals surface area contributed by atoms with Gasteiger partial charge in [-0.2, -0.15) is 13.2 Å². The number of alkyl halides is 3. The molecule has 1 atom stereocenters. The highest BCUT2D eigenvalue weighted by Crippen LogP contribution is 2.36. The molecule has 0 saturated carbocycles. The van der Waals surface area contributed by atoms with Crippen LogP contribution in [0.2, 0.25) is 0 Å². The lowest BCUT2D eigenvalue weighted by Gasteiger charge is -2.14. The largest absolute Gasteiger partial charge is 0.443 e. The van der Waals surface area contributed by atoms with Gasteiger partial charge < -0.3 is 5.32 Å². The molecule has 2 aromatic heterocycles. The molecule has 0 radical (unpaired) electrons. The number of thiazole rings is 1. The van der Waals surface area contributed by atoms with Crippen LogP contribution in [0.25, 0.3) is 0 Å². The molecule has 8 heteroatoms. The highest BCUT2D eigenvalue weighted by molar-refractivity contribution is 9.10. The summed E-state index contributed by atoms with van der Waals surface area (Å²) >= 11 is 3.92. The molecule has 19 heavy (non-hydrogen) atoms. The van der Waals surface area contributed by atoms with Gasteiger partial charge in [-0.1, -0.05) is 0 Å². The molecule has 2 aromatic rings. The summed E-state index contributed by atoms with van der Waals surface area (Å²) in [7, 11) is 1.68. The van der Waals surface area contributed by atoms with Crippen LogP contribution < -0.4 is 5.32 Å². The molecule has 2 rings (SSSR count). The van der Waals surface area contributed by atoms with Crippen molar-refractivity contribution in [2.45, 2.75) is 12.2 Å². The number of nitrogens with one attached hydrogen (secondary N) is 1. The van der Waals surface area contributed by atoms with Crippen LogP contribution in [0.3, 0.4) is 0 Å². The van der Waals surface area contributed by atoms with Gasteiger partial charge in [0.2, 0.25) is 0 Å². The van der Waals surface area contributed by atoms with Crippen LogP contribution in [-0.4, -0.2) is 17.0 Å². The summed E-state index contributed by atoms with van der Waals surface area (Å²) in [5.74, 6) is 0. The van der Waals surface area contributed by atoms with Gasteiger partial charge in [0.25, 0.3) is 0 Å². The van der Waals surface area contributed by atoms with Gasteiger partial charge in [-0.25, -0.2) is 4.98 Å². The smallest absolute Gasteiger partial charge is 0.309 e. The Morgan fingerprint density at radius 1 is 1.32 bits per heavy atom. The van der Waals surface area contributed by atoms with Crippen molar-refractivity contribution in [3.8, 4) is 0 Å². The zero-order valence-electron chi connectivity index (χ0n) is 9.70. The molecule has 0 spiro atoms. The lowest BCUT2D eigenvalue weighted by atomic mass is 10.1. The van der Waals surface area contributed by atoms with Gasteiger partial charge in [-0.15, -0.1) is 11.3 Å². The van der Waals surface area contributed by atoms with E-state index in [2.05, 4.69) is 31.2 Å². The Morgan fingerprint density at radius 3 is 2.58 bits per heavy atom. The second kappa shape index (κ2) is 5.56. The molecule has 0 aliphatic rings. The quantitative estimate of drug-likeness (QED) is 0.917. The minimum Gasteiger partial charge on any atom is -0.309 e. The van der Waals surface area contributed by atoms with Gasteiger partial charge in [-0.3, -0.25) is 4.98 Å². The zero-order valence-corrected chi connectivity index (χ0v) is 12.1. The Kier molecular flexibility index (Phi) is 4.22. The monoisotopic (exact) mass is 351 g/mol. The summed E-state index contributed by atoms with van der Waals surface area (Å²) < 4.78 is 38.4. The minimum absolute atomic E-state index is 0.362. The van der Waals surface area contributed by atoms with Crippen LogP contribution in [0.5, 0.6) is 0 Å². The van der Waals surface area contributed by atoms with Crippen molar-refractivity contribution in [2.75, 3.05) is 7.05 Å². The molecule has 0 saturated heterocycles. The first kappa shape index (κ1) is 14.4. The maximum absolute atomic E-state index is 12.5. The van der Waals surface area contributed by atoms with Crippen molar-refractivity contribution in [2.24, 2.45) is 0 Å². The fourth-order valence-corrected chi connectivity index (χ4v) is 2.91. The van der Waals surface area contributed by atoms with Gasteiger partial charge in [0.15, 0.2) is 5.01 Å².